The number of hydrogen-bond acceptors (Lipinski definition) is 6. The largest absolute Gasteiger partial charge is 0.494 e. The number of nitrogen functional groups attached to an aromatic ring is 2. The molecule has 0 fully saturated rings. The van der Waals surface area contributed by atoms with Crippen LogP contribution in [-0.4, -0.2) is 25.4 Å². The van der Waals surface area contributed by atoms with Crippen LogP contribution >= 0.6 is 0 Å². The lowest BCUT2D eigenvalue weighted by Gasteiger charge is -2.29. The van der Waals surface area contributed by atoms with Gasteiger partial charge in [-0.05, 0) is 116 Å². The number of ether oxygens (including phenoxy) is 3. The smallest absolute Gasteiger partial charge is 0.426 e. The average Bonchev–Trinajstić information content (AvgIpc) is 3.05. The number of benzene rings is 4. The lowest BCUT2D eigenvalue weighted by molar-refractivity contribution is -0.185. The summed E-state index contributed by atoms with van der Waals surface area (Å²) in [6.45, 7) is 4.47. The molecule has 259 valence electrons. The van der Waals surface area contributed by atoms with Gasteiger partial charge in [-0.2, -0.15) is 22.0 Å². The highest BCUT2D eigenvalue weighted by Gasteiger charge is 2.34. The molecule has 0 aliphatic rings. The summed E-state index contributed by atoms with van der Waals surface area (Å²) in [6.07, 6.45) is -4.92. The Morgan fingerprint density at radius 3 is 1.78 bits per heavy atom. The van der Waals surface area contributed by atoms with Crippen LogP contribution < -0.4 is 20.9 Å². The highest BCUT2D eigenvalue weighted by atomic mass is 19.4. The minimum absolute atomic E-state index is 0.0296. The maximum absolute atomic E-state index is 14.8. The third-order valence-electron chi connectivity index (χ3n) is 7.49. The molecule has 4 aromatic rings. The number of hydrogen-bond donors (Lipinski definition) is 2. The predicted molar refractivity (Wildman–Crippen MR) is 180 cm³/mol. The molecule has 0 aromatic heterocycles. The topological polar surface area (TPSA) is 96.8 Å². The van der Waals surface area contributed by atoms with E-state index in [-0.39, 0.29) is 37.6 Å². The van der Waals surface area contributed by atoms with E-state index in [1.165, 1.54) is 48.6 Å². The van der Waals surface area contributed by atoms with Crippen molar-refractivity contribution in [3.63, 3.8) is 0 Å². The predicted octanol–water partition coefficient (Wildman–Crippen LogP) is 8.95. The monoisotopic (exact) mass is 681 g/mol. The van der Waals surface area contributed by atoms with Crippen molar-refractivity contribution in [2.75, 3.05) is 24.7 Å². The van der Waals surface area contributed by atoms with Crippen LogP contribution in [0.15, 0.2) is 103 Å². The Morgan fingerprint density at radius 2 is 1.24 bits per heavy atom. The summed E-state index contributed by atoms with van der Waals surface area (Å²) in [5, 5.41) is 0. The number of alkyl halides is 5. The lowest BCUT2D eigenvalue weighted by atomic mass is 9.79. The number of anilines is 2. The molecule has 4 aromatic carbocycles. The molecule has 0 saturated carbocycles. The zero-order valence-electron chi connectivity index (χ0n) is 26.7. The zero-order valence-corrected chi connectivity index (χ0v) is 26.7. The normalized spacial score (nSPS) is 12.2. The van der Waals surface area contributed by atoms with E-state index in [0.717, 1.165) is 23.3 Å². The molecule has 0 aliphatic carbocycles. The molecule has 49 heavy (non-hydrogen) atoms. The molecule has 0 spiro atoms. The summed E-state index contributed by atoms with van der Waals surface area (Å²) < 4.78 is 82.2. The highest BCUT2D eigenvalue weighted by Crippen LogP contribution is 2.33. The molecule has 0 atom stereocenters. The van der Waals surface area contributed by atoms with Gasteiger partial charge < -0.3 is 25.7 Å². The van der Waals surface area contributed by atoms with Crippen molar-refractivity contribution in [1.29, 1.82) is 0 Å². The third-order valence-corrected chi connectivity index (χ3v) is 7.49. The van der Waals surface area contributed by atoms with E-state index in [4.69, 9.17) is 25.7 Å². The molecule has 0 unspecified atom stereocenters. The molecule has 4 rings (SSSR count). The summed E-state index contributed by atoms with van der Waals surface area (Å²) >= 11 is 0. The van der Waals surface area contributed by atoms with Crippen molar-refractivity contribution in [3.05, 3.63) is 132 Å². The van der Waals surface area contributed by atoms with Crippen LogP contribution in [0.2, 0.25) is 0 Å². The first-order valence-corrected chi connectivity index (χ1v) is 15.5. The van der Waals surface area contributed by atoms with Crippen molar-refractivity contribution < 1.29 is 41.0 Å². The number of rotatable bonds is 16. The second-order valence-electron chi connectivity index (χ2n) is 11.9. The van der Waals surface area contributed by atoms with Gasteiger partial charge in [-0.3, -0.25) is 0 Å². The quantitative estimate of drug-likeness (QED) is 0.0403. The van der Waals surface area contributed by atoms with Crippen molar-refractivity contribution in [2.45, 2.75) is 44.4 Å². The molecule has 1 radical (unpaired) electrons. The van der Waals surface area contributed by atoms with Gasteiger partial charge in [0.25, 0.3) is 0 Å². The Balaban J connectivity index is 1.29. The maximum Gasteiger partial charge on any atom is 0.426 e. The van der Waals surface area contributed by atoms with Crippen LogP contribution in [0, 0.1) is 12.3 Å². The molecule has 0 bridgehead atoms. The Morgan fingerprint density at radius 1 is 0.714 bits per heavy atom. The number of carbonyl (C=O) groups is 1. The van der Waals surface area contributed by atoms with E-state index < -0.39 is 35.7 Å². The van der Waals surface area contributed by atoms with Gasteiger partial charge in [0.2, 0.25) is 0 Å². The Bertz CT molecular complexity index is 1610. The summed E-state index contributed by atoms with van der Waals surface area (Å²) in [4.78, 5) is 12.7. The molecule has 0 amide bonds. The standard InChI is InChI=1S/C38H38F5N2O4/c1-36(24-28-4-13-31(44)14-5-28,25-29-6-15-32(45)16-7-29)26-48-35(46)21-10-27-8-17-34(18-9-27)49-38(42,43)30-11-19-33(20-12-30)47-23-3-2-22-37(39,40)41/h4-21H,1-3,22-26,44-45H2/b21-10+. The number of nitrogens with two attached hydrogens (primary N) is 2. The van der Waals surface area contributed by atoms with Gasteiger partial charge >= 0.3 is 18.3 Å². The summed E-state index contributed by atoms with van der Waals surface area (Å²) in [5.74, 6) is -0.448. The van der Waals surface area contributed by atoms with Gasteiger partial charge in [-0.15, -0.1) is 0 Å². The first-order valence-electron chi connectivity index (χ1n) is 15.5. The van der Waals surface area contributed by atoms with Crippen LogP contribution in [0.5, 0.6) is 11.5 Å². The molecule has 11 heteroatoms. The average molecular weight is 682 g/mol. The van der Waals surface area contributed by atoms with Gasteiger partial charge in [0, 0.05) is 29.3 Å². The Labute approximate surface area is 282 Å². The lowest BCUT2D eigenvalue weighted by Crippen LogP contribution is -2.30. The van der Waals surface area contributed by atoms with Crippen molar-refractivity contribution >= 4 is 23.4 Å². The van der Waals surface area contributed by atoms with Crippen LogP contribution in [0.3, 0.4) is 0 Å². The van der Waals surface area contributed by atoms with Crippen LogP contribution in [0.25, 0.3) is 6.08 Å². The minimum atomic E-state index is -4.22. The van der Waals surface area contributed by atoms with E-state index in [9.17, 15) is 26.7 Å². The van der Waals surface area contributed by atoms with Crippen LogP contribution in [-0.2, 0) is 28.5 Å². The van der Waals surface area contributed by atoms with Gasteiger partial charge in [-0.25, -0.2) is 4.79 Å². The first kappa shape index (κ1) is 36.8. The second-order valence-corrected chi connectivity index (χ2v) is 11.9. The molecule has 0 heterocycles. The van der Waals surface area contributed by atoms with Gasteiger partial charge in [-0.1, -0.05) is 36.4 Å². The molecule has 0 aliphatic heterocycles. The SMILES string of the molecule is [CH2]C(COC(=O)/C=C/c1ccc(OC(F)(F)c2ccc(OCCCCC(F)(F)F)cc2)cc1)(Cc1ccc(N)cc1)Cc1ccc(N)cc1. The fourth-order valence-electron chi connectivity index (χ4n) is 4.95. The fourth-order valence-corrected chi connectivity index (χ4v) is 4.95. The highest BCUT2D eigenvalue weighted by molar-refractivity contribution is 5.87. The van der Waals surface area contributed by atoms with Gasteiger partial charge in [0.15, 0.2) is 0 Å². The van der Waals surface area contributed by atoms with Crippen molar-refractivity contribution in [3.8, 4) is 11.5 Å². The summed E-state index contributed by atoms with van der Waals surface area (Å²) in [7, 11) is 0. The van der Waals surface area contributed by atoms with Crippen molar-refractivity contribution in [1.82, 2.24) is 0 Å². The van der Waals surface area contributed by atoms with Crippen LogP contribution in [0.1, 0.15) is 41.5 Å². The Kier molecular flexibility index (Phi) is 12.3. The number of unbranched alkanes of at least 4 members (excludes halogenated alkanes) is 1. The maximum atomic E-state index is 14.8. The molecule has 4 N–H and O–H groups in total. The zero-order chi connectivity index (χ0) is 35.5. The van der Waals surface area contributed by atoms with Gasteiger partial charge in [0.05, 0.1) is 18.8 Å². The van der Waals surface area contributed by atoms with Gasteiger partial charge in [0.1, 0.15) is 11.5 Å². The second kappa shape index (κ2) is 16.4. The summed E-state index contributed by atoms with van der Waals surface area (Å²) in [6, 6.07) is 25.4. The number of carbonyl (C=O) groups excluding carboxylic acids is 1. The molecular weight excluding hydrogens is 643 g/mol. The summed E-state index contributed by atoms with van der Waals surface area (Å²) in [5.41, 5.74) is 14.3. The van der Waals surface area contributed by atoms with E-state index in [1.54, 1.807) is 24.3 Å². The van der Waals surface area contributed by atoms with E-state index in [0.29, 0.717) is 29.8 Å². The molecule has 0 saturated heterocycles. The minimum Gasteiger partial charge on any atom is -0.494 e. The molecule has 6 nitrogen and oxygen atoms in total. The van der Waals surface area contributed by atoms with E-state index in [2.05, 4.69) is 6.92 Å². The Hall–Kier alpha value is -5.06. The fraction of sp³-hybridized carbons (Fsp3) is 0.263. The van der Waals surface area contributed by atoms with E-state index >= 15 is 0 Å². The van der Waals surface area contributed by atoms with E-state index in [1.807, 2.05) is 24.3 Å². The van der Waals surface area contributed by atoms with Crippen molar-refractivity contribution in [2.24, 2.45) is 5.41 Å². The number of halogens is 5. The first-order chi connectivity index (χ1) is 23.2. The van der Waals surface area contributed by atoms with Crippen LogP contribution in [0.4, 0.5) is 33.3 Å². The third kappa shape index (κ3) is 12.5. The number of esters is 1. The molecular formula is C38H38F5N2O4.